The predicted octanol–water partition coefficient (Wildman–Crippen LogP) is 4.22. The summed E-state index contributed by atoms with van der Waals surface area (Å²) in [5, 5.41) is 2.25. The summed E-state index contributed by atoms with van der Waals surface area (Å²) in [7, 11) is 0. The summed E-state index contributed by atoms with van der Waals surface area (Å²) >= 11 is 0. The van der Waals surface area contributed by atoms with Crippen molar-refractivity contribution in [3.63, 3.8) is 0 Å². The van der Waals surface area contributed by atoms with Gasteiger partial charge in [0.25, 0.3) is 0 Å². The molecule has 146 valence electrons. The molecule has 4 aromatic rings. The average molecular weight is 385 g/mol. The van der Waals surface area contributed by atoms with Gasteiger partial charge >= 0.3 is 0 Å². The van der Waals surface area contributed by atoms with Crippen molar-refractivity contribution in [1.82, 2.24) is 9.97 Å². The molecule has 0 fully saturated rings. The minimum absolute atomic E-state index is 0.212. The first kappa shape index (κ1) is 19.1. The lowest BCUT2D eigenvalue weighted by atomic mass is 10.0. The second kappa shape index (κ2) is 9.28. The lowest BCUT2D eigenvalue weighted by molar-refractivity contribution is 0.0935. The van der Waals surface area contributed by atoms with Crippen molar-refractivity contribution in [2.75, 3.05) is 13.2 Å². The van der Waals surface area contributed by atoms with E-state index in [2.05, 4.69) is 28.2 Å². The summed E-state index contributed by atoms with van der Waals surface area (Å²) in [4.78, 5) is 8.47. The Balaban J connectivity index is 1.33. The van der Waals surface area contributed by atoms with Crippen LogP contribution in [0.1, 0.15) is 5.56 Å². The highest BCUT2D eigenvalue weighted by Crippen LogP contribution is 2.26. The average Bonchev–Trinajstić information content (AvgIpc) is 2.78. The quantitative estimate of drug-likeness (QED) is 0.492. The highest BCUT2D eigenvalue weighted by Gasteiger charge is 2.07. The number of nitrogens with zero attached hydrogens (tertiary/aromatic N) is 2. The van der Waals surface area contributed by atoms with Crippen molar-refractivity contribution < 1.29 is 9.47 Å². The van der Waals surface area contributed by atoms with E-state index in [9.17, 15) is 0 Å². The fraction of sp³-hybridized carbons (Fsp3) is 0.167. The van der Waals surface area contributed by atoms with Crippen LogP contribution in [-0.4, -0.2) is 29.2 Å². The Labute approximate surface area is 170 Å². The molecule has 2 aromatic heterocycles. The van der Waals surface area contributed by atoms with E-state index in [-0.39, 0.29) is 6.04 Å². The topological polar surface area (TPSA) is 70.3 Å². The van der Waals surface area contributed by atoms with Gasteiger partial charge in [0.15, 0.2) is 0 Å². The predicted molar refractivity (Wildman–Crippen MR) is 115 cm³/mol. The molecule has 29 heavy (non-hydrogen) atoms. The molecule has 5 nitrogen and oxygen atoms in total. The van der Waals surface area contributed by atoms with Crippen molar-refractivity contribution in [2.24, 2.45) is 5.73 Å². The van der Waals surface area contributed by atoms with E-state index < -0.39 is 0 Å². The number of ether oxygens (including phenoxy) is 2. The van der Waals surface area contributed by atoms with Gasteiger partial charge in [0.2, 0.25) is 0 Å². The summed E-state index contributed by atoms with van der Waals surface area (Å²) in [6, 6.07) is 20.1. The van der Waals surface area contributed by atoms with Crippen LogP contribution in [0.5, 0.6) is 5.75 Å². The third kappa shape index (κ3) is 5.16. The van der Waals surface area contributed by atoms with E-state index in [1.54, 1.807) is 12.4 Å². The van der Waals surface area contributed by atoms with Crippen LogP contribution in [0.4, 0.5) is 0 Å². The van der Waals surface area contributed by atoms with Crippen LogP contribution < -0.4 is 10.5 Å². The molecule has 0 aliphatic heterocycles. The molecule has 0 unspecified atom stereocenters. The molecular weight excluding hydrogens is 362 g/mol. The molecule has 5 heteroatoms. The number of hydrogen-bond donors (Lipinski definition) is 1. The van der Waals surface area contributed by atoms with Crippen LogP contribution in [0, 0.1) is 0 Å². The molecule has 0 aliphatic rings. The second-order valence-corrected chi connectivity index (χ2v) is 6.92. The lowest BCUT2D eigenvalue weighted by Crippen LogP contribution is -2.32. The first-order valence-electron chi connectivity index (χ1n) is 9.57. The van der Waals surface area contributed by atoms with Gasteiger partial charge in [-0.1, -0.05) is 42.5 Å². The summed E-state index contributed by atoms with van der Waals surface area (Å²) in [6.07, 6.45) is 7.19. The summed E-state index contributed by atoms with van der Waals surface area (Å²) in [6.45, 7) is 1.34. The van der Waals surface area contributed by atoms with Gasteiger partial charge in [0.1, 0.15) is 12.4 Å². The van der Waals surface area contributed by atoms with Crippen molar-refractivity contribution in [2.45, 2.75) is 12.6 Å². The van der Waals surface area contributed by atoms with Crippen LogP contribution in [-0.2, 0) is 11.3 Å². The minimum atomic E-state index is -0.212. The van der Waals surface area contributed by atoms with Crippen molar-refractivity contribution in [3.05, 3.63) is 91.0 Å². The zero-order valence-corrected chi connectivity index (χ0v) is 16.1. The van der Waals surface area contributed by atoms with Crippen molar-refractivity contribution in [1.29, 1.82) is 0 Å². The van der Waals surface area contributed by atoms with Gasteiger partial charge in [-0.25, -0.2) is 0 Å². The lowest BCUT2D eigenvalue weighted by Gasteiger charge is -2.14. The van der Waals surface area contributed by atoms with Gasteiger partial charge in [0.05, 0.1) is 25.5 Å². The monoisotopic (exact) mass is 385 g/mol. The third-order valence-electron chi connectivity index (χ3n) is 4.59. The first-order chi connectivity index (χ1) is 14.3. The van der Waals surface area contributed by atoms with E-state index >= 15 is 0 Å². The number of rotatable bonds is 8. The standard InChI is InChI=1S/C24H23N3O2/c25-23(16-28-15-18-4-2-1-3-5-18)17-29-24-11-22(13-27-14-24)19-6-7-21-12-26-9-8-20(21)10-19/h1-14,23H,15-17,25H2/t23-/m0/s1. The molecule has 2 aromatic carbocycles. The molecule has 2 heterocycles. The van der Waals surface area contributed by atoms with Crippen LogP contribution in [0.25, 0.3) is 21.9 Å². The smallest absolute Gasteiger partial charge is 0.138 e. The SMILES string of the molecule is N[C@@H](COCc1ccccc1)COc1cncc(-c2ccc3cnccc3c2)c1. The van der Waals surface area contributed by atoms with Gasteiger partial charge in [-0.05, 0) is 34.7 Å². The third-order valence-corrected chi connectivity index (χ3v) is 4.59. The summed E-state index contributed by atoms with van der Waals surface area (Å²) < 4.78 is 11.5. The van der Waals surface area contributed by atoms with Gasteiger partial charge in [-0.3, -0.25) is 9.97 Å². The molecule has 0 aliphatic carbocycles. The van der Waals surface area contributed by atoms with Gasteiger partial charge in [0, 0.05) is 29.5 Å². The molecule has 0 radical (unpaired) electrons. The molecule has 0 amide bonds. The zero-order chi connectivity index (χ0) is 19.9. The molecular formula is C24H23N3O2. The highest BCUT2D eigenvalue weighted by molar-refractivity contribution is 5.86. The summed E-state index contributed by atoms with van der Waals surface area (Å²) in [5.74, 6) is 0.691. The Hall–Kier alpha value is -3.28. The molecule has 0 bridgehead atoms. The van der Waals surface area contributed by atoms with Crippen molar-refractivity contribution >= 4 is 10.8 Å². The van der Waals surface area contributed by atoms with E-state index in [0.717, 1.165) is 27.5 Å². The van der Waals surface area contributed by atoms with E-state index in [4.69, 9.17) is 15.2 Å². The zero-order valence-electron chi connectivity index (χ0n) is 16.1. The first-order valence-corrected chi connectivity index (χ1v) is 9.57. The number of benzene rings is 2. The molecule has 0 spiro atoms. The minimum Gasteiger partial charge on any atom is -0.490 e. The van der Waals surface area contributed by atoms with Gasteiger partial charge in [-0.15, -0.1) is 0 Å². The Bertz CT molecular complexity index is 1070. The molecule has 0 saturated heterocycles. The number of fused-ring (bicyclic) bond motifs is 1. The summed E-state index contributed by atoms with van der Waals surface area (Å²) in [5.41, 5.74) is 9.33. The second-order valence-electron chi connectivity index (χ2n) is 6.92. The van der Waals surface area contributed by atoms with Crippen LogP contribution in [0.2, 0.25) is 0 Å². The van der Waals surface area contributed by atoms with Gasteiger partial charge < -0.3 is 15.2 Å². The largest absolute Gasteiger partial charge is 0.490 e. The number of aromatic nitrogens is 2. The highest BCUT2D eigenvalue weighted by atomic mass is 16.5. The van der Waals surface area contributed by atoms with Gasteiger partial charge in [-0.2, -0.15) is 0 Å². The van der Waals surface area contributed by atoms with Crippen molar-refractivity contribution in [3.8, 4) is 16.9 Å². The molecule has 2 N–H and O–H groups in total. The number of pyridine rings is 2. The molecule has 0 saturated carbocycles. The Morgan fingerprint density at radius 3 is 2.59 bits per heavy atom. The van der Waals surface area contributed by atoms with E-state index in [1.165, 1.54) is 0 Å². The van der Waals surface area contributed by atoms with Crippen LogP contribution >= 0.6 is 0 Å². The Morgan fingerprint density at radius 2 is 1.69 bits per heavy atom. The number of hydrogen-bond acceptors (Lipinski definition) is 5. The maximum Gasteiger partial charge on any atom is 0.138 e. The molecule has 1 atom stereocenters. The van der Waals surface area contributed by atoms with Crippen LogP contribution in [0.3, 0.4) is 0 Å². The number of nitrogens with two attached hydrogens (primary N) is 1. The fourth-order valence-corrected chi connectivity index (χ4v) is 3.07. The van der Waals surface area contributed by atoms with Crippen LogP contribution in [0.15, 0.2) is 85.5 Å². The maximum absolute atomic E-state index is 6.12. The van der Waals surface area contributed by atoms with E-state index in [1.807, 2.05) is 54.9 Å². The van der Waals surface area contributed by atoms with E-state index in [0.29, 0.717) is 25.6 Å². The Kier molecular flexibility index (Phi) is 6.10. The fourth-order valence-electron chi connectivity index (χ4n) is 3.07. The molecule has 4 rings (SSSR count). The Morgan fingerprint density at radius 1 is 0.793 bits per heavy atom. The maximum atomic E-state index is 6.12. The normalized spacial score (nSPS) is 12.0.